The van der Waals surface area contributed by atoms with Crippen molar-refractivity contribution < 1.29 is 0 Å². The molecule has 0 amide bonds. The molecular weight excluding hydrogens is 346 g/mol. The zero-order valence-electron chi connectivity index (χ0n) is 15.9. The summed E-state index contributed by atoms with van der Waals surface area (Å²) in [5, 5.41) is 9.17. The topological polar surface area (TPSA) is 62.7 Å². The van der Waals surface area contributed by atoms with Crippen LogP contribution in [0.3, 0.4) is 0 Å². The molecule has 2 aromatic carbocycles. The fourth-order valence-corrected chi connectivity index (χ4v) is 3.10. The van der Waals surface area contributed by atoms with Crippen LogP contribution in [0.25, 0.3) is 22.2 Å². The molecule has 5 nitrogen and oxygen atoms in total. The molecule has 4 aromatic rings. The van der Waals surface area contributed by atoms with E-state index in [-0.39, 0.29) is 0 Å². The van der Waals surface area contributed by atoms with E-state index in [2.05, 4.69) is 68.9 Å². The van der Waals surface area contributed by atoms with Crippen molar-refractivity contribution in [3.05, 3.63) is 84.3 Å². The highest BCUT2D eigenvalue weighted by Crippen LogP contribution is 2.21. The second-order valence-corrected chi connectivity index (χ2v) is 6.75. The molecule has 2 N–H and O–H groups in total. The van der Waals surface area contributed by atoms with Crippen molar-refractivity contribution in [3.8, 4) is 11.4 Å². The highest BCUT2D eigenvalue weighted by molar-refractivity contribution is 5.86. The molecule has 0 fully saturated rings. The van der Waals surface area contributed by atoms with Gasteiger partial charge in [-0.15, -0.1) is 0 Å². The van der Waals surface area contributed by atoms with Gasteiger partial charge in [-0.3, -0.25) is 0 Å². The Labute approximate surface area is 164 Å². The van der Waals surface area contributed by atoms with Crippen LogP contribution in [0.4, 0.5) is 5.82 Å². The predicted octanol–water partition coefficient (Wildman–Crippen LogP) is 4.20. The van der Waals surface area contributed by atoms with Crippen molar-refractivity contribution in [1.29, 1.82) is 0 Å². The van der Waals surface area contributed by atoms with Crippen molar-refractivity contribution in [3.63, 3.8) is 0 Å². The molecule has 0 aliphatic carbocycles. The lowest BCUT2D eigenvalue weighted by Gasteiger charge is -2.09. The maximum absolute atomic E-state index is 4.54. The summed E-state index contributed by atoms with van der Waals surface area (Å²) >= 11 is 0. The third kappa shape index (κ3) is 4.32. The van der Waals surface area contributed by atoms with Gasteiger partial charge in [-0.2, -0.15) is 0 Å². The molecule has 0 saturated carbocycles. The first-order chi connectivity index (χ1) is 13.8. The van der Waals surface area contributed by atoms with Crippen LogP contribution in [-0.2, 0) is 6.54 Å². The van der Waals surface area contributed by atoms with Crippen LogP contribution in [0.15, 0.2) is 73.2 Å². The van der Waals surface area contributed by atoms with Gasteiger partial charge in [0.05, 0.1) is 0 Å². The molecule has 0 radical (unpaired) electrons. The molecule has 2 aromatic heterocycles. The smallest absolute Gasteiger partial charge is 0.159 e. The summed E-state index contributed by atoms with van der Waals surface area (Å²) in [6.45, 7) is 4.44. The summed E-state index contributed by atoms with van der Waals surface area (Å²) in [6, 6.07) is 18.6. The quantitative estimate of drug-likeness (QED) is 0.478. The van der Waals surface area contributed by atoms with Gasteiger partial charge in [-0.25, -0.2) is 15.0 Å². The van der Waals surface area contributed by atoms with Gasteiger partial charge in [-0.05, 0) is 35.4 Å². The number of benzene rings is 2. The maximum atomic E-state index is 4.54. The Kier molecular flexibility index (Phi) is 5.54. The highest BCUT2D eigenvalue weighted by Gasteiger charge is 2.03. The lowest BCUT2D eigenvalue weighted by molar-refractivity contribution is 0.701. The van der Waals surface area contributed by atoms with E-state index in [1.807, 2.05) is 30.6 Å². The van der Waals surface area contributed by atoms with Gasteiger partial charge in [0.25, 0.3) is 0 Å². The summed E-state index contributed by atoms with van der Waals surface area (Å²) < 4.78 is 0. The number of hydrogen-bond donors (Lipinski definition) is 2. The Bertz CT molecular complexity index is 1060. The van der Waals surface area contributed by atoms with Crippen LogP contribution in [-0.4, -0.2) is 28.0 Å². The number of aromatic nitrogens is 3. The van der Waals surface area contributed by atoms with E-state index < -0.39 is 0 Å². The molecule has 0 unspecified atom stereocenters. The molecule has 28 heavy (non-hydrogen) atoms. The molecule has 0 spiro atoms. The van der Waals surface area contributed by atoms with E-state index in [1.54, 1.807) is 6.20 Å². The minimum Gasteiger partial charge on any atom is -0.369 e. The van der Waals surface area contributed by atoms with E-state index in [9.17, 15) is 0 Å². The van der Waals surface area contributed by atoms with E-state index in [4.69, 9.17) is 0 Å². The van der Waals surface area contributed by atoms with Crippen molar-refractivity contribution in [2.75, 3.05) is 18.4 Å². The molecule has 0 atom stereocenters. The van der Waals surface area contributed by atoms with Crippen LogP contribution in [0.2, 0.25) is 0 Å². The van der Waals surface area contributed by atoms with Gasteiger partial charge in [0, 0.05) is 49.4 Å². The lowest BCUT2D eigenvalue weighted by atomic mass is 10.1. The van der Waals surface area contributed by atoms with Crippen LogP contribution in [0.5, 0.6) is 0 Å². The van der Waals surface area contributed by atoms with Crippen molar-refractivity contribution in [2.45, 2.75) is 13.5 Å². The van der Waals surface area contributed by atoms with Crippen LogP contribution >= 0.6 is 0 Å². The Morgan fingerprint density at radius 3 is 2.46 bits per heavy atom. The number of fused-ring (bicyclic) bond motifs is 1. The summed E-state index contributed by atoms with van der Waals surface area (Å²) in [6.07, 6.45) is 5.58. The van der Waals surface area contributed by atoms with Gasteiger partial charge in [-0.1, -0.05) is 42.5 Å². The van der Waals surface area contributed by atoms with Crippen molar-refractivity contribution >= 4 is 16.6 Å². The second kappa shape index (κ2) is 8.59. The Balaban J connectivity index is 1.30. The zero-order chi connectivity index (χ0) is 19.2. The standard InChI is InChI=1S/C23H23N5/c1-17-5-4-10-25-22(17)26-12-11-24-14-18-15-27-23(28-16-18)21-9-8-19-6-2-3-7-20(19)13-21/h2-10,13,15-16,24H,11-12,14H2,1H3,(H,25,26). The normalized spacial score (nSPS) is 10.9. The first-order valence-corrected chi connectivity index (χ1v) is 9.46. The summed E-state index contributed by atoms with van der Waals surface area (Å²) in [5.74, 6) is 1.69. The van der Waals surface area contributed by atoms with Crippen LogP contribution < -0.4 is 10.6 Å². The Hall–Kier alpha value is -3.31. The van der Waals surface area contributed by atoms with Crippen molar-refractivity contribution in [1.82, 2.24) is 20.3 Å². The Morgan fingerprint density at radius 2 is 1.64 bits per heavy atom. The number of nitrogens with one attached hydrogen (secondary N) is 2. The molecular formula is C23H23N5. The molecule has 0 saturated heterocycles. The van der Waals surface area contributed by atoms with Crippen molar-refractivity contribution in [2.24, 2.45) is 0 Å². The maximum Gasteiger partial charge on any atom is 0.159 e. The first-order valence-electron chi connectivity index (χ1n) is 9.46. The number of nitrogens with zero attached hydrogens (tertiary/aromatic N) is 3. The van der Waals surface area contributed by atoms with E-state index in [0.717, 1.165) is 48.0 Å². The fraction of sp³-hybridized carbons (Fsp3) is 0.174. The second-order valence-electron chi connectivity index (χ2n) is 6.75. The van der Waals surface area contributed by atoms with E-state index >= 15 is 0 Å². The third-order valence-corrected chi connectivity index (χ3v) is 4.65. The molecule has 2 heterocycles. The van der Waals surface area contributed by atoms with Crippen LogP contribution in [0.1, 0.15) is 11.1 Å². The van der Waals surface area contributed by atoms with Gasteiger partial charge in [0.2, 0.25) is 0 Å². The minimum atomic E-state index is 0.737. The third-order valence-electron chi connectivity index (χ3n) is 4.65. The summed E-state index contributed by atoms with van der Waals surface area (Å²) in [4.78, 5) is 13.4. The van der Waals surface area contributed by atoms with E-state index in [1.165, 1.54) is 10.8 Å². The monoisotopic (exact) mass is 369 g/mol. The zero-order valence-corrected chi connectivity index (χ0v) is 15.9. The number of aryl methyl sites for hydroxylation is 1. The Morgan fingerprint density at radius 1 is 0.821 bits per heavy atom. The molecule has 0 aliphatic heterocycles. The summed E-state index contributed by atoms with van der Waals surface area (Å²) in [7, 11) is 0. The van der Waals surface area contributed by atoms with Crippen LogP contribution in [0, 0.1) is 6.92 Å². The van der Waals surface area contributed by atoms with Gasteiger partial charge in [0.15, 0.2) is 5.82 Å². The highest BCUT2D eigenvalue weighted by atomic mass is 15.0. The predicted molar refractivity (Wildman–Crippen MR) is 114 cm³/mol. The average Bonchev–Trinajstić information content (AvgIpc) is 2.75. The van der Waals surface area contributed by atoms with E-state index in [0.29, 0.717) is 0 Å². The molecule has 4 rings (SSSR count). The number of hydrogen-bond acceptors (Lipinski definition) is 5. The van der Waals surface area contributed by atoms with Gasteiger partial charge in [0.1, 0.15) is 5.82 Å². The average molecular weight is 369 g/mol. The number of pyridine rings is 1. The molecule has 140 valence electrons. The number of rotatable bonds is 7. The molecule has 0 aliphatic rings. The molecule has 0 bridgehead atoms. The first kappa shape index (κ1) is 18.1. The largest absolute Gasteiger partial charge is 0.369 e. The lowest BCUT2D eigenvalue weighted by Crippen LogP contribution is -2.22. The molecule has 5 heteroatoms. The SMILES string of the molecule is Cc1cccnc1NCCNCc1cnc(-c2ccc3ccccc3c2)nc1. The minimum absolute atomic E-state index is 0.737. The van der Waals surface area contributed by atoms with Gasteiger partial charge >= 0.3 is 0 Å². The fourth-order valence-electron chi connectivity index (χ4n) is 3.10. The summed E-state index contributed by atoms with van der Waals surface area (Å²) in [5.41, 5.74) is 3.26. The van der Waals surface area contributed by atoms with Gasteiger partial charge < -0.3 is 10.6 Å². The number of anilines is 1.